The van der Waals surface area contributed by atoms with Gasteiger partial charge in [0.05, 0.1) is 13.2 Å². The molecule has 0 saturated carbocycles. The van der Waals surface area contributed by atoms with Gasteiger partial charge in [-0.1, -0.05) is 19.6 Å². The standard InChI is InChI=1S/C12H20F3N3O2Si/c1-21(2,3)9-8-20-11(19)16-5-7-18-6-4-10(17-18)12(13,14)15/h4,6H,5,7-9H2,1-3H3,(H,16,19). The molecule has 0 spiro atoms. The molecule has 120 valence electrons. The molecule has 0 aliphatic carbocycles. The molecular weight excluding hydrogens is 303 g/mol. The molecule has 1 heterocycles. The Morgan fingerprint density at radius 2 is 2.10 bits per heavy atom. The van der Waals surface area contributed by atoms with Gasteiger partial charge in [-0.3, -0.25) is 4.68 Å². The van der Waals surface area contributed by atoms with E-state index in [2.05, 4.69) is 30.1 Å². The minimum absolute atomic E-state index is 0.152. The minimum Gasteiger partial charge on any atom is -0.450 e. The normalized spacial score (nSPS) is 12.3. The molecule has 1 amide bonds. The highest BCUT2D eigenvalue weighted by atomic mass is 28.3. The maximum absolute atomic E-state index is 12.3. The van der Waals surface area contributed by atoms with Crippen LogP contribution in [-0.4, -0.2) is 37.1 Å². The fourth-order valence-corrected chi connectivity index (χ4v) is 2.13. The summed E-state index contributed by atoms with van der Waals surface area (Å²) in [5, 5.41) is 5.86. The third-order valence-corrected chi connectivity index (χ3v) is 4.33. The minimum atomic E-state index is -4.45. The topological polar surface area (TPSA) is 56.1 Å². The largest absolute Gasteiger partial charge is 0.450 e. The molecule has 1 rings (SSSR count). The monoisotopic (exact) mass is 323 g/mol. The number of halogens is 3. The average molecular weight is 323 g/mol. The van der Waals surface area contributed by atoms with Crippen molar-refractivity contribution in [3.05, 3.63) is 18.0 Å². The van der Waals surface area contributed by atoms with Crippen molar-refractivity contribution in [3.63, 3.8) is 0 Å². The maximum Gasteiger partial charge on any atom is 0.435 e. The summed E-state index contributed by atoms with van der Waals surface area (Å²) < 4.78 is 43.1. The van der Waals surface area contributed by atoms with E-state index in [-0.39, 0.29) is 13.1 Å². The summed E-state index contributed by atoms with van der Waals surface area (Å²) in [7, 11) is -1.25. The Bertz CT molecular complexity index is 469. The van der Waals surface area contributed by atoms with Crippen molar-refractivity contribution >= 4 is 14.2 Å². The first-order valence-corrected chi connectivity index (χ1v) is 10.3. The second-order valence-electron chi connectivity index (χ2n) is 5.84. The van der Waals surface area contributed by atoms with Gasteiger partial charge >= 0.3 is 12.3 Å². The van der Waals surface area contributed by atoms with Crippen LogP contribution in [0.4, 0.5) is 18.0 Å². The lowest BCUT2D eigenvalue weighted by atomic mass is 10.4. The molecule has 1 aromatic rings. The van der Waals surface area contributed by atoms with Crippen molar-refractivity contribution in [2.75, 3.05) is 13.2 Å². The third kappa shape index (κ3) is 7.16. The summed E-state index contributed by atoms with van der Waals surface area (Å²) in [5.41, 5.74) is -0.944. The quantitative estimate of drug-likeness (QED) is 0.819. The van der Waals surface area contributed by atoms with Crippen LogP contribution < -0.4 is 5.32 Å². The zero-order chi connectivity index (χ0) is 16.1. The molecule has 1 N–H and O–H groups in total. The Labute approximate surface area is 122 Å². The zero-order valence-corrected chi connectivity index (χ0v) is 13.3. The van der Waals surface area contributed by atoms with Crippen LogP contribution in [0.15, 0.2) is 12.3 Å². The van der Waals surface area contributed by atoms with Crippen molar-refractivity contribution in [1.29, 1.82) is 0 Å². The van der Waals surface area contributed by atoms with Gasteiger partial charge in [-0.2, -0.15) is 18.3 Å². The molecule has 0 atom stereocenters. The smallest absolute Gasteiger partial charge is 0.435 e. The van der Waals surface area contributed by atoms with E-state index in [0.717, 1.165) is 16.8 Å². The fourth-order valence-electron chi connectivity index (χ4n) is 1.41. The lowest BCUT2D eigenvalue weighted by Gasteiger charge is -2.15. The van der Waals surface area contributed by atoms with Crippen molar-refractivity contribution in [3.8, 4) is 0 Å². The molecule has 0 fully saturated rings. The first-order chi connectivity index (χ1) is 9.58. The van der Waals surface area contributed by atoms with E-state index in [1.807, 2.05) is 0 Å². The molecule has 0 aromatic carbocycles. The molecule has 1 aromatic heterocycles. The van der Waals surface area contributed by atoms with Crippen molar-refractivity contribution in [2.24, 2.45) is 0 Å². The van der Waals surface area contributed by atoms with Crippen LogP contribution in [-0.2, 0) is 17.5 Å². The summed E-state index contributed by atoms with van der Waals surface area (Å²) >= 11 is 0. The first-order valence-electron chi connectivity index (χ1n) is 6.59. The van der Waals surface area contributed by atoms with Gasteiger partial charge in [-0.25, -0.2) is 4.79 Å². The maximum atomic E-state index is 12.3. The molecule has 0 saturated heterocycles. The van der Waals surface area contributed by atoms with Gasteiger partial charge in [0.1, 0.15) is 0 Å². The number of alkyl carbamates (subject to hydrolysis) is 1. The van der Waals surface area contributed by atoms with E-state index in [0.29, 0.717) is 6.61 Å². The molecule has 0 radical (unpaired) electrons. The molecule has 0 bridgehead atoms. The van der Waals surface area contributed by atoms with Crippen LogP contribution in [0.3, 0.4) is 0 Å². The van der Waals surface area contributed by atoms with Gasteiger partial charge in [0.25, 0.3) is 0 Å². The van der Waals surface area contributed by atoms with Crippen LogP contribution in [0.25, 0.3) is 0 Å². The number of hydrogen-bond acceptors (Lipinski definition) is 3. The van der Waals surface area contributed by atoms with Gasteiger partial charge < -0.3 is 10.1 Å². The SMILES string of the molecule is C[Si](C)(C)CCOC(=O)NCCn1ccc(C(F)(F)F)n1. The van der Waals surface area contributed by atoms with E-state index in [1.165, 1.54) is 6.20 Å². The summed E-state index contributed by atoms with van der Waals surface area (Å²) in [4.78, 5) is 11.4. The molecule has 0 aliphatic rings. The predicted octanol–water partition coefficient (Wildman–Crippen LogP) is 2.97. The number of ether oxygens (including phenoxy) is 1. The number of rotatable bonds is 6. The van der Waals surface area contributed by atoms with Gasteiger partial charge in [0, 0.05) is 20.8 Å². The third-order valence-electron chi connectivity index (χ3n) is 2.63. The highest BCUT2D eigenvalue weighted by Gasteiger charge is 2.33. The van der Waals surface area contributed by atoms with Crippen LogP contribution in [0.1, 0.15) is 5.69 Å². The van der Waals surface area contributed by atoms with Crippen LogP contribution >= 0.6 is 0 Å². The summed E-state index contributed by atoms with van der Waals surface area (Å²) in [6.07, 6.45) is -3.79. The van der Waals surface area contributed by atoms with Crippen molar-refractivity contribution < 1.29 is 22.7 Å². The van der Waals surface area contributed by atoms with Gasteiger partial charge in [0.15, 0.2) is 5.69 Å². The lowest BCUT2D eigenvalue weighted by molar-refractivity contribution is -0.141. The van der Waals surface area contributed by atoms with Crippen molar-refractivity contribution in [1.82, 2.24) is 15.1 Å². The van der Waals surface area contributed by atoms with E-state index in [9.17, 15) is 18.0 Å². The Morgan fingerprint density at radius 1 is 1.43 bits per heavy atom. The molecule has 9 heteroatoms. The number of hydrogen-bond donors (Lipinski definition) is 1. The summed E-state index contributed by atoms with van der Waals surface area (Å²) in [6, 6.07) is 1.76. The van der Waals surface area contributed by atoms with Crippen LogP contribution in [0.2, 0.25) is 25.7 Å². The predicted molar refractivity (Wildman–Crippen MR) is 74.7 cm³/mol. The number of carbonyl (C=O) groups excluding carboxylic acids is 1. The number of nitrogens with zero attached hydrogens (tertiary/aromatic N) is 2. The van der Waals surface area contributed by atoms with E-state index < -0.39 is 26.0 Å². The summed E-state index contributed by atoms with van der Waals surface area (Å²) in [5.74, 6) is 0. The van der Waals surface area contributed by atoms with Gasteiger partial charge in [-0.05, 0) is 12.1 Å². The fraction of sp³-hybridized carbons (Fsp3) is 0.667. The summed E-state index contributed by atoms with van der Waals surface area (Å²) in [6.45, 7) is 7.18. The highest BCUT2D eigenvalue weighted by Crippen LogP contribution is 2.27. The molecule has 0 aliphatic heterocycles. The second kappa shape index (κ2) is 6.97. The highest BCUT2D eigenvalue weighted by molar-refractivity contribution is 6.76. The Kier molecular flexibility index (Phi) is 5.82. The second-order valence-corrected chi connectivity index (χ2v) is 11.5. The first kappa shape index (κ1) is 17.5. The Balaban J connectivity index is 2.24. The van der Waals surface area contributed by atoms with Crippen LogP contribution in [0.5, 0.6) is 0 Å². The molecule has 5 nitrogen and oxygen atoms in total. The number of amides is 1. The van der Waals surface area contributed by atoms with Crippen LogP contribution in [0, 0.1) is 0 Å². The van der Waals surface area contributed by atoms with Gasteiger partial charge in [-0.15, -0.1) is 0 Å². The van der Waals surface area contributed by atoms with E-state index >= 15 is 0 Å². The Hall–Kier alpha value is -1.51. The zero-order valence-electron chi connectivity index (χ0n) is 12.3. The molecule has 21 heavy (non-hydrogen) atoms. The van der Waals surface area contributed by atoms with E-state index in [1.54, 1.807) is 0 Å². The van der Waals surface area contributed by atoms with Gasteiger partial charge in [0.2, 0.25) is 0 Å². The number of alkyl halides is 3. The molecular formula is C12H20F3N3O2Si. The number of aromatic nitrogens is 2. The molecule has 0 unspecified atom stereocenters. The van der Waals surface area contributed by atoms with Crippen molar-refractivity contribution in [2.45, 2.75) is 38.4 Å². The average Bonchev–Trinajstić information content (AvgIpc) is 2.75. The number of carbonyl (C=O) groups is 1. The Morgan fingerprint density at radius 3 is 2.62 bits per heavy atom. The number of nitrogens with one attached hydrogen (secondary N) is 1. The van der Waals surface area contributed by atoms with E-state index in [4.69, 9.17) is 4.74 Å². The lowest BCUT2D eigenvalue weighted by Crippen LogP contribution is -2.30.